The summed E-state index contributed by atoms with van der Waals surface area (Å²) in [7, 11) is 0. The summed E-state index contributed by atoms with van der Waals surface area (Å²) >= 11 is 6.09. The van der Waals surface area contributed by atoms with Crippen LogP contribution in [0.15, 0.2) is 58.8 Å². The van der Waals surface area contributed by atoms with Crippen molar-refractivity contribution in [2.24, 2.45) is 15.9 Å². The number of pyridine rings is 1. The van der Waals surface area contributed by atoms with Gasteiger partial charge in [0.2, 0.25) is 0 Å². The van der Waals surface area contributed by atoms with Crippen molar-refractivity contribution in [1.29, 1.82) is 0 Å². The molecule has 2 aliphatic heterocycles. The number of carbonyl (C=O) groups excluding carboxylic acids is 1. The number of nitrogens with one attached hydrogen (secondary N) is 2. The number of alkyl halides is 1. The van der Waals surface area contributed by atoms with Gasteiger partial charge in [0.05, 0.1) is 5.02 Å². The van der Waals surface area contributed by atoms with Crippen LogP contribution in [0.1, 0.15) is 18.4 Å². The minimum absolute atomic E-state index is 0.165. The molecule has 0 aliphatic carbocycles. The number of H-pyrrole nitrogens is 1. The minimum Gasteiger partial charge on any atom is -0.410 e. The Morgan fingerprint density at radius 2 is 2.18 bits per heavy atom. The van der Waals surface area contributed by atoms with Crippen LogP contribution >= 0.6 is 11.6 Å². The molecule has 2 aliphatic rings. The number of nitrogens with zero attached hydrogens (tertiary/aromatic N) is 4. The Labute approximate surface area is 200 Å². The summed E-state index contributed by atoms with van der Waals surface area (Å²) in [5.74, 6) is 1.10. The van der Waals surface area contributed by atoms with Crippen molar-refractivity contribution in [3.05, 3.63) is 59.4 Å². The van der Waals surface area contributed by atoms with Gasteiger partial charge in [-0.2, -0.15) is 0 Å². The standard InChI is InChI=1S/C24H24ClFN6O2/c25-16-9-18-19(12-29-21(18)28-11-16)22-30-13-20(26)23(31-22)27-10-15-5-4-8-32(14-15)24(33)34-17-6-2-1-3-7-17/h1-3,6-7,9,11-13,15,20,23,27H,4-5,8,10,14H2,(H,28,29). The van der Waals surface area contributed by atoms with Gasteiger partial charge in [-0.1, -0.05) is 29.8 Å². The number of carbonyl (C=O) groups is 1. The fourth-order valence-electron chi connectivity index (χ4n) is 4.26. The predicted octanol–water partition coefficient (Wildman–Crippen LogP) is 4.21. The maximum Gasteiger partial charge on any atom is 0.415 e. The van der Waals surface area contributed by atoms with Crippen molar-refractivity contribution in [2.75, 3.05) is 19.6 Å². The Morgan fingerprint density at radius 1 is 1.32 bits per heavy atom. The fraction of sp³-hybridized carbons (Fsp3) is 0.333. The van der Waals surface area contributed by atoms with Crippen molar-refractivity contribution in [1.82, 2.24) is 20.2 Å². The SMILES string of the molecule is O=C(Oc1ccccc1)N1CCCC(CNC2N=C(c3c[nH]c4ncc(Cl)cc34)N=CC2F)C1. The number of aromatic amines is 1. The van der Waals surface area contributed by atoms with Gasteiger partial charge in [0.15, 0.2) is 12.0 Å². The zero-order valence-corrected chi connectivity index (χ0v) is 19.1. The second kappa shape index (κ2) is 9.90. The summed E-state index contributed by atoms with van der Waals surface area (Å²) in [4.78, 5) is 30.3. The Bertz CT molecular complexity index is 1230. The first kappa shape index (κ1) is 22.5. The zero-order chi connectivity index (χ0) is 23.5. The molecule has 2 N–H and O–H groups in total. The van der Waals surface area contributed by atoms with Crippen molar-refractivity contribution in [3.8, 4) is 5.75 Å². The topological polar surface area (TPSA) is 95.0 Å². The normalized spacial score (nSPS) is 22.6. The van der Waals surface area contributed by atoms with E-state index < -0.39 is 12.3 Å². The number of benzene rings is 1. The quantitative estimate of drug-likeness (QED) is 0.569. The highest BCUT2D eigenvalue weighted by Gasteiger charge is 2.28. The van der Waals surface area contributed by atoms with Gasteiger partial charge in [0, 0.05) is 49.2 Å². The first-order valence-corrected chi connectivity index (χ1v) is 11.6. The third kappa shape index (κ3) is 4.95. The van der Waals surface area contributed by atoms with Crippen LogP contribution in [0.5, 0.6) is 5.75 Å². The number of amides is 1. The Kier molecular flexibility index (Phi) is 6.55. The Morgan fingerprint density at radius 3 is 3.03 bits per heavy atom. The average molecular weight is 483 g/mol. The number of amidine groups is 1. The molecule has 34 heavy (non-hydrogen) atoms. The molecule has 3 unspecified atom stereocenters. The minimum atomic E-state index is -1.35. The number of hydrogen-bond acceptors (Lipinski definition) is 6. The lowest BCUT2D eigenvalue weighted by Crippen LogP contribution is -2.47. The van der Waals surface area contributed by atoms with E-state index in [-0.39, 0.29) is 12.0 Å². The number of hydrogen-bond donors (Lipinski definition) is 2. The molecule has 2 aromatic heterocycles. The molecule has 8 nitrogen and oxygen atoms in total. The van der Waals surface area contributed by atoms with Gasteiger partial charge in [-0.15, -0.1) is 0 Å². The smallest absolute Gasteiger partial charge is 0.410 e. The van der Waals surface area contributed by atoms with Gasteiger partial charge in [0.25, 0.3) is 0 Å². The lowest BCUT2D eigenvalue weighted by atomic mass is 9.98. The van der Waals surface area contributed by atoms with Crippen molar-refractivity contribution in [2.45, 2.75) is 25.2 Å². The molecule has 5 rings (SSSR count). The molecule has 176 valence electrons. The molecule has 10 heteroatoms. The lowest BCUT2D eigenvalue weighted by Gasteiger charge is -2.33. The summed E-state index contributed by atoms with van der Waals surface area (Å²) in [6.45, 7) is 1.70. The highest BCUT2D eigenvalue weighted by atomic mass is 35.5. The van der Waals surface area contributed by atoms with Crippen LogP contribution in [-0.4, -0.2) is 65.0 Å². The van der Waals surface area contributed by atoms with E-state index in [0.717, 1.165) is 18.2 Å². The third-order valence-corrected chi connectivity index (χ3v) is 6.19. The monoisotopic (exact) mass is 482 g/mol. The highest BCUT2D eigenvalue weighted by molar-refractivity contribution is 6.31. The fourth-order valence-corrected chi connectivity index (χ4v) is 4.42. The van der Waals surface area contributed by atoms with E-state index in [1.807, 2.05) is 18.2 Å². The summed E-state index contributed by atoms with van der Waals surface area (Å²) in [6.07, 6.45) is 3.88. The molecule has 1 aromatic carbocycles. The Balaban J connectivity index is 1.22. The largest absolute Gasteiger partial charge is 0.415 e. The van der Waals surface area contributed by atoms with E-state index in [2.05, 4.69) is 25.3 Å². The number of halogens is 2. The first-order chi connectivity index (χ1) is 16.6. The summed E-state index contributed by atoms with van der Waals surface area (Å²) in [5.41, 5.74) is 1.38. The second-order valence-corrected chi connectivity index (χ2v) is 8.85. The van der Waals surface area contributed by atoms with E-state index >= 15 is 0 Å². The van der Waals surface area contributed by atoms with E-state index in [1.165, 1.54) is 6.21 Å². The molecule has 1 saturated heterocycles. The number of ether oxygens (including phenoxy) is 1. The number of rotatable bonds is 5. The number of fused-ring (bicyclic) bond motifs is 1. The van der Waals surface area contributed by atoms with Gasteiger partial charge in [-0.05, 0) is 37.0 Å². The van der Waals surface area contributed by atoms with Gasteiger partial charge in [-0.3, -0.25) is 5.32 Å². The Hall–Kier alpha value is -3.30. The summed E-state index contributed by atoms with van der Waals surface area (Å²) < 4.78 is 20.1. The van der Waals surface area contributed by atoms with Crippen LogP contribution in [0.2, 0.25) is 5.02 Å². The maximum atomic E-state index is 14.6. The van der Waals surface area contributed by atoms with Gasteiger partial charge in [-0.25, -0.2) is 24.2 Å². The van der Waals surface area contributed by atoms with E-state index in [1.54, 1.807) is 35.5 Å². The molecule has 1 amide bonds. The van der Waals surface area contributed by atoms with E-state index in [4.69, 9.17) is 16.3 Å². The van der Waals surface area contributed by atoms with Crippen molar-refractivity contribution >= 4 is 40.8 Å². The molecule has 3 aromatic rings. The summed E-state index contributed by atoms with van der Waals surface area (Å²) in [5, 5.41) is 4.49. The van der Waals surface area contributed by atoms with E-state index in [0.29, 0.717) is 47.5 Å². The molecule has 0 bridgehead atoms. The number of para-hydroxylation sites is 1. The molecular weight excluding hydrogens is 459 g/mol. The molecular formula is C24H24ClFN6O2. The van der Waals surface area contributed by atoms with Crippen molar-refractivity contribution < 1.29 is 13.9 Å². The first-order valence-electron chi connectivity index (χ1n) is 11.2. The number of likely N-dealkylation sites (tertiary alicyclic amines) is 1. The molecule has 0 spiro atoms. The highest BCUT2D eigenvalue weighted by Crippen LogP contribution is 2.23. The van der Waals surface area contributed by atoms with Gasteiger partial charge >= 0.3 is 6.09 Å². The number of piperidine rings is 1. The van der Waals surface area contributed by atoms with Gasteiger partial charge < -0.3 is 14.6 Å². The van der Waals surface area contributed by atoms with E-state index in [9.17, 15) is 9.18 Å². The molecule has 3 atom stereocenters. The van der Waals surface area contributed by atoms with Gasteiger partial charge in [0.1, 0.15) is 17.6 Å². The lowest BCUT2D eigenvalue weighted by molar-refractivity contribution is 0.124. The van der Waals surface area contributed by atoms with Crippen LogP contribution in [0.3, 0.4) is 0 Å². The molecule has 1 fully saturated rings. The third-order valence-electron chi connectivity index (χ3n) is 5.98. The molecule has 4 heterocycles. The number of aliphatic imine (C=N–C) groups is 2. The van der Waals surface area contributed by atoms with Crippen LogP contribution in [0.25, 0.3) is 11.0 Å². The zero-order valence-electron chi connectivity index (χ0n) is 18.3. The number of aromatic nitrogens is 2. The average Bonchev–Trinajstić information content (AvgIpc) is 3.27. The van der Waals surface area contributed by atoms with Crippen LogP contribution < -0.4 is 10.1 Å². The molecule has 0 radical (unpaired) electrons. The second-order valence-electron chi connectivity index (χ2n) is 8.42. The predicted molar refractivity (Wildman–Crippen MR) is 130 cm³/mol. The van der Waals surface area contributed by atoms with Crippen molar-refractivity contribution in [3.63, 3.8) is 0 Å². The summed E-state index contributed by atoms with van der Waals surface area (Å²) in [6, 6.07) is 10.8. The van der Waals surface area contributed by atoms with Crippen LogP contribution in [0, 0.1) is 5.92 Å². The van der Waals surface area contributed by atoms with Crippen LogP contribution in [-0.2, 0) is 0 Å². The molecule has 0 saturated carbocycles. The van der Waals surface area contributed by atoms with Crippen LogP contribution in [0.4, 0.5) is 9.18 Å². The maximum absolute atomic E-state index is 14.6.